The van der Waals surface area contributed by atoms with Gasteiger partial charge in [0.2, 0.25) is 0 Å². The topological polar surface area (TPSA) is 12.9 Å². The highest BCUT2D eigenvalue weighted by Crippen LogP contribution is 2.34. The molecule has 0 radical (unpaired) electrons. The summed E-state index contributed by atoms with van der Waals surface area (Å²) in [5.74, 6) is -2.69. The van der Waals surface area contributed by atoms with Crippen LogP contribution < -0.4 is 0 Å². The Balaban J connectivity index is 2.92. The minimum absolute atomic E-state index is 0.0671. The van der Waals surface area contributed by atoms with Crippen molar-refractivity contribution in [1.29, 1.82) is 0 Å². The van der Waals surface area contributed by atoms with Crippen LogP contribution >= 0.6 is 11.3 Å². The Hall–Kier alpha value is -0.510. The summed E-state index contributed by atoms with van der Waals surface area (Å²) in [6, 6.07) is 0. The van der Waals surface area contributed by atoms with E-state index in [9.17, 15) is 8.78 Å². The smallest absolute Gasteiger partial charge is 0.249 e. The van der Waals surface area contributed by atoms with E-state index in [1.807, 2.05) is 0 Å². The van der Waals surface area contributed by atoms with Gasteiger partial charge in [-0.2, -0.15) is 0 Å². The van der Waals surface area contributed by atoms with Crippen molar-refractivity contribution in [2.75, 3.05) is 0 Å². The van der Waals surface area contributed by atoms with Crippen molar-refractivity contribution in [3.63, 3.8) is 0 Å². The molecule has 0 amide bonds. The molecule has 0 unspecified atom stereocenters. The molecule has 0 bridgehead atoms. The average Bonchev–Trinajstić information content (AvgIpc) is 2.36. The highest BCUT2D eigenvalue weighted by atomic mass is 32.1. The van der Waals surface area contributed by atoms with Crippen LogP contribution in [0.2, 0.25) is 0 Å². The molecule has 1 aromatic heterocycles. The van der Waals surface area contributed by atoms with Gasteiger partial charge in [-0.05, 0) is 6.92 Å². The summed E-state index contributed by atoms with van der Waals surface area (Å²) in [4.78, 5) is 3.84. The van der Waals surface area contributed by atoms with Gasteiger partial charge >= 0.3 is 0 Å². The SMILES string of the molecule is CCC(F)(F)c1cnc(C)s1. The zero-order chi connectivity index (χ0) is 8.48. The lowest BCUT2D eigenvalue weighted by Gasteiger charge is -2.09. The monoisotopic (exact) mass is 177 g/mol. The second kappa shape index (κ2) is 2.85. The third-order valence-electron chi connectivity index (χ3n) is 1.43. The first-order chi connectivity index (χ1) is 5.06. The molecule has 0 aliphatic rings. The third kappa shape index (κ3) is 1.74. The number of alkyl halides is 2. The molecule has 0 spiro atoms. The number of halogens is 2. The average molecular weight is 177 g/mol. The van der Waals surface area contributed by atoms with E-state index >= 15 is 0 Å². The van der Waals surface area contributed by atoms with Gasteiger partial charge in [-0.25, -0.2) is 13.8 Å². The highest BCUT2D eigenvalue weighted by Gasteiger charge is 2.30. The summed E-state index contributed by atoms with van der Waals surface area (Å²) in [6.45, 7) is 3.19. The Labute approximate surface area is 68.1 Å². The number of hydrogen-bond donors (Lipinski definition) is 0. The maximum atomic E-state index is 12.9. The normalized spacial score (nSPS) is 12.0. The molecular formula is C7H9F2NS. The van der Waals surface area contributed by atoms with Crippen molar-refractivity contribution in [1.82, 2.24) is 4.98 Å². The predicted octanol–water partition coefficient (Wildman–Crippen LogP) is 2.95. The second-order valence-electron chi connectivity index (χ2n) is 2.30. The maximum Gasteiger partial charge on any atom is 0.283 e. The van der Waals surface area contributed by atoms with Crippen LogP contribution in [0.3, 0.4) is 0 Å². The molecule has 1 rings (SSSR count). The molecule has 0 aromatic carbocycles. The van der Waals surface area contributed by atoms with E-state index in [0.29, 0.717) is 5.01 Å². The van der Waals surface area contributed by atoms with Crippen LogP contribution in [0, 0.1) is 6.92 Å². The quantitative estimate of drug-likeness (QED) is 0.676. The van der Waals surface area contributed by atoms with Crippen molar-refractivity contribution in [2.24, 2.45) is 0 Å². The van der Waals surface area contributed by atoms with Gasteiger partial charge in [-0.3, -0.25) is 0 Å². The van der Waals surface area contributed by atoms with Crippen molar-refractivity contribution in [3.8, 4) is 0 Å². The summed E-state index contributed by atoms with van der Waals surface area (Å²) in [5, 5.41) is 0.688. The summed E-state index contributed by atoms with van der Waals surface area (Å²) < 4.78 is 25.7. The number of aromatic nitrogens is 1. The minimum Gasteiger partial charge on any atom is -0.249 e. The lowest BCUT2D eigenvalue weighted by molar-refractivity contribution is -0.00460. The first kappa shape index (κ1) is 8.59. The van der Waals surface area contributed by atoms with E-state index in [1.165, 1.54) is 13.1 Å². The van der Waals surface area contributed by atoms with Gasteiger partial charge in [0.05, 0.1) is 9.88 Å². The summed E-state index contributed by atoms with van der Waals surface area (Å²) in [6.07, 6.45) is 1.10. The molecule has 0 aliphatic carbocycles. The largest absolute Gasteiger partial charge is 0.283 e. The summed E-state index contributed by atoms with van der Waals surface area (Å²) in [5.41, 5.74) is 0. The van der Waals surface area contributed by atoms with E-state index < -0.39 is 5.92 Å². The molecule has 0 saturated carbocycles. The Morgan fingerprint density at radius 1 is 1.64 bits per heavy atom. The number of rotatable bonds is 2. The number of hydrogen-bond acceptors (Lipinski definition) is 2. The number of nitrogens with zero attached hydrogens (tertiary/aromatic N) is 1. The van der Waals surface area contributed by atoms with E-state index in [-0.39, 0.29) is 11.3 Å². The number of aryl methyl sites for hydroxylation is 1. The molecular weight excluding hydrogens is 168 g/mol. The molecule has 0 aliphatic heterocycles. The predicted molar refractivity (Wildman–Crippen MR) is 41.0 cm³/mol. The lowest BCUT2D eigenvalue weighted by atomic mass is 10.2. The molecule has 4 heteroatoms. The summed E-state index contributed by atoms with van der Waals surface area (Å²) in [7, 11) is 0. The Kier molecular flexibility index (Phi) is 2.23. The standard InChI is InChI=1S/C7H9F2NS/c1-3-7(8,9)6-4-10-5(2)11-6/h4H,3H2,1-2H3. The van der Waals surface area contributed by atoms with Crippen molar-refractivity contribution < 1.29 is 8.78 Å². The molecule has 1 aromatic rings. The van der Waals surface area contributed by atoms with Crippen LogP contribution in [-0.4, -0.2) is 4.98 Å². The minimum atomic E-state index is -2.69. The molecule has 62 valence electrons. The van der Waals surface area contributed by atoms with Crippen LogP contribution in [0.25, 0.3) is 0 Å². The van der Waals surface area contributed by atoms with Gasteiger partial charge in [0, 0.05) is 12.6 Å². The second-order valence-corrected chi connectivity index (χ2v) is 3.54. The molecule has 0 saturated heterocycles. The Bertz CT molecular complexity index is 244. The van der Waals surface area contributed by atoms with Gasteiger partial charge in [0.25, 0.3) is 5.92 Å². The first-order valence-corrected chi connectivity index (χ1v) is 4.18. The van der Waals surface area contributed by atoms with Crippen molar-refractivity contribution in [3.05, 3.63) is 16.1 Å². The van der Waals surface area contributed by atoms with Gasteiger partial charge in [-0.1, -0.05) is 6.92 Å². The van der Waals surface area contributed by atoms with E-state index in [0.717, 1.165) is 11.3 Å². The first-order valence-electron chi connectivity index (χ1n) is 3.37. The van der Waals surface area contributed by atoms with Gasteiger partial charge in [0.15, 0.2) is 0 Å². The van der Waals surface area contributed by atoms with Crippen LogP contribution in [0.1, 0.15) is 23.2 Å². The fourth-order valence-corrected chi connectivity index (χ4v) is 1.53. The van der Waals surface area contributed by atoms with Crippen LogP contribution in [0.4, 0.5) is 8.78 Å². The molecule has 1 heterocycles. The Morgan fingerprint density at radius 2 is 2.27 bits per heavy atom. The zero-order valence-corrected chi connectivity index (χ0v) is 7.21. The number of thiazole rings is 1. The van der Waals surface area contributed by atoms with E-state index in [2.05, 4.69) is 4.98 Å². The Morgan fingerprint density at radius 3 is 2.64 bits per heavy atom. The van der Waals surface area contributed by atoms with E-state index in [1.54, 1.807) is 6.92 Å². The van der Waals surface area contributed by atoms with Gasteiger partial charge < -0.3 is 0 Å². The summed E-state index contributed by atoms with van der Waals surface area (Å²) >= 11 is 1.06. The molecule has 0 atom stereocenters. The molecule has 0 N–H and O–H groups in total. The van der Waals surface area contributed by atoms with Crippen LogP contribution in [0.15, 0.2) is 6.20 Å². The lowest BCUT2D eigenvalue weighted by Crippen LogP contribution is -2.08. The van der Waals surface area contributed by atoms with Gasteiger partial charge in [-0.15, -0.1) is 11.3 Å². The fourth-order valence-electron chi connectivity index (χ4n) is 0.705. The van der Waals surface area contributed by atoms with E-state index in [4.69, 9.17) is 0 Å². The zero-order valence-electron chi connectivity index (χ0n) is 6.40. The maximum absolute atomic E-state index is 12.9. The molecule has 11 heavy (non-hydrogen) atoms. The fraction of sp³-hybridized carbons (Fsp3) is 0.571. The third-order valence-corrected chi connectivity index (χ3v) is 2.45. The van der Waals surface area contributed by atoms with Crippen LogP contribution in [0.5, 0.6) is 0 Å². The molecule has 1 nitrogen and oxygen atoms in total. The van der Waals surface area contributed by atoms with Crippen molar-refractivity contribution in [2.45, 2.75) is 26.2 Å². The van der Waals surface area contributed by atoms with Crippen LogP contribution in [-0.2, 0) is 5.92 Å². The molecule has 0 fully saturated rings. The van der Waals surface area contributed by atoms with Gasteiger partial charge in [0.1, 0.15) is 0 Å². The highest BCUT2D eigenvalue weighted by molar-refractivity contribution is 7.11. The van der Waals surface area contributed by atoms with Crippen molar-refractivity contribution >= 4 is 11.3 Å².